The fraction of sp³-hybridized carbons (Fsp3) is 0.325. The van der Waals surface area contributed by atoms with Gasteiger partial charge in [-0.05, 0) is 125 Å². The van der Waals surface area contributed by atoms with Crippen LogP contribution >= 0.6 is 11.6 Å². The Labute approximate surface area is 360 Å². The molecule has 5 N–H and O–H groups in total. The molecule has 5 amide bonds. The van der Waals surface area contributed by atoms with E-state index in [2.05, 4.69) is 36.8 Å². The molecule has 6 rings (SSSR count). The predicted molar refractivity (Wildman–Crippen MR) is 226 cm³/mol. The number of nitrogens with zero attached hydrogens (tertiary/aromatic N) is 5. The van der Waals surface area contributed by atoms with Gasteiger partial charge in [-0.3, -0.25) is 14.4 Å². The summed E-state index contributed by atoms with van der Waals surface area (Å²) in [5.41, 5.74) is -0.381. The molecule has 1 aliphatic carbocycles. The molecule has 0 saturated heterocycles. The fourth-order valence-electron chi connectivity index (χ4n) is 5.91. The summed E-state index contributed by atoms with van der Waals surface area (Å²) in [6, 6.07) is 14.0. The van der Waals surface area contributed by atoms with Crippen LogP contribution in [0.25, 0.3) is 16.6 Å². The monoisotopic (exact) mass is 890 g/mol. The van der Waals surface area contributed by atoms with Crippen LogP contribution in [0.3, 0.4) is 0 Å². The lowest BCUT2D eigenvalue weighted by molar-refractivity contribution is -0.137. The molecule has 2 heterocycles. The van der Waals surface area contributed by atoms with E-state index in [0.717, 1.165) is 4.57 Å². The van der Waals surface area contributed by atoms with Gasteiger partial charge in [0.05, 0.1) is 22.1 Å². The number of aromatic nitrogens is 5. The zero-order valence-corrected chi connectivity index (χ0v) is 35.9. The number of rotatable bonds is 11. The second-order valence-corrected chi connectivity index (χ2v) is 18.6. The molecule has 3 aromatic carbocycles. The van der Waals surface area contributed by atoms with Crippen molar-refractivity contribution in [2.75, 3.05) is 16.0 Å². The Bertz CT molecular complexity index is 2670. The highest BCUT2D eigenvalue weighted by molar-refractivity contribution is 7.91. The smallest absolute Gasteiger partial charge is 0.419 e. The molecule has 0 spiro atoms. The first-order chi connectivity index (χ1) is 29.0. The van der Waals surface area contributed by atoms with Gasteiger partial charge < -0.3 is 30.7 Å². The standard InChI is InChI=1S/C40H43ClN10O10S/c1-39(2,3)60-36(55)32-19-23-18-26(12-16-30(23)51(32)38(57)61-40(4,5)6)43-33(52)29(17-22-7-10-25(11-8-22)44-37(56)47-62(58,59)27-13-14-27)46-35(54)34(53)45-28-20-24(41)9-15-31(28)50-21-42-48-49-50/h7-12,15-16,18-21,27,29H,13-14,17H2,1-6H3,(H,43,52)(H,45,53)(H,46,54)(H2,44,47,56). The van der Waals surface area contributed by atoms with Crippen LogP contribution in [0.4, 0.5) is 26.7 Å². The van der Waals surface area contributed by atoms with E-state index in [0.29, 0.717) is 23.8 Å². The number of nitrogens with one attached hydrogen (secondary N) is 5. The Kier molecular flexibility index (Phi) is 12.7. The SMILES string of the molecule is CC(C)(C)OC(=O)c1cc2cc(NC(=O)C(Cc3ccc(NC(=O)NS(=O)(=O)C4CC4)cc3)NC(=O)C(=O)Nc3cc(Cl)ccc3-n3cnnn3)ccc2n1C(=O)OC(C)(C)C. The van der Waals surface area contributed by atoms with Crippen LogP contribution in [0, 0.1) is 0 Å². The van der Waals surface area contributed by atoms with Gasteiger partial charge in [0.15, 0.2) is 0 Å². The molecule has 5 aromatic rings. The lowest BCUT2D eigenvalue weighted by atomic mass is 10.0. The quantitative estimate of drug-likeness (QED) is 0.0872. The Morgan fingerprint density at radius 1 is 0.823 bits per heavy atom. The Morgan fingerprint density at radius 2 is 1.50 bits per heavy atom. The molecule has 22 heteroatoms. The van der Waals surface area contributed by atoms with Crippen molar-refractivity contribution in [2.24, 2.45) is 0 Å². The lowest BCUT2D eigenvalue weighted by Crippen LogP contribution is -2.49. The predicted octanol–water partition coefficient (Wildman–Crippen LogP) is 4.93. The van der Waals surface area contributed by atoms with E-state index in [4.69, 9.17) is 21.1 Å². The maximum Gasteiger partial charge on any atom is 0.419 e. The highest BCUT2D eigenvalue weighted by Gasteiger charge is 2.37. The van der Waals surface area contributed by atoms with Gasteiger partial charge in [0.25, 0.3) is 0 Å². The van der Waals surface area contributed by atoms with E-state index < -0.39 is 68.3 Å². The van der Waals surface area contributed by atoms with E-state index in [1.807, 2.05) is 4.72 Å². The summed E-state index contributed by atoms with van der Waals surface area (Å²) in [4.78, 5) is 80.0. The van der Waals surface area contributed by atoms with E-state index in [-0.39, 0.29) is 45.4 Å². The van der Waals surface area contributed by atoms with E-state index in [9.17, 15) is 37.2 Å². The van der Waals surface area contributed by atoms with E-state index >= 15 is 0 Å². The number of sulfonamides is 1. The average Bonchev–Trinajstić information content (AvgIpc) is 3.77. The van der Waals surface area contributed by atoms with Crippen LogP contribution in [-0.2, 0) is 40.3 Å². The lowest BCUT2D eigenvalue weighted by Gasteiger charge is -2.22. The first-order valence-corrected chi connectivity index (χ1v) is 21.0. The molecule has 20 nitrogen and oxygen atoms in total. The number of tetrazole rings is 1. The number of fused-ring (bicyclic) bond motifs is 1. The van der Waals surface area contributed by atoms with Gasteiger partial charge in [0.2, 0.25) is 15.9 Å². The first kappa shape index (κ1) is 44.7. The molecule has 0 radical (unpaired) electrons. The fourth-order valence-corrected chi connectivity index (χ4v) is 7.31. The number of hydrogen-bond acceptors (Lipinski definition) is 13. The third-order valence-corrected chi connectivity index (χ3v) is 10.8. The van der Waals surface area contributed by atoms with Gasteiger partial charge in [-0.2, -0.15) is 4.68 Å². The Balaban J connectivity index is 1.26. The zero-order chi connectivity index (χ0) is 45.1. The van der Waals surface area contributed by atoms with Gasteiger partial charge in [-0.25, -0.2) is 32.1 Å². The molecule has 1 saturated carbocycles. The molecule has 326 valence electrons. The normalized spacial score (nSPS) is 13.4. The number of carbonyl (C=O) groups is 6. The maximum atomic E-state index is 14.1. The molecule has 1 unspecified atom stereocenters. The van der Waals surface area contributed by atoms with E-state index in [1.165, 1.54) is 77.7 Å². The minimum Gasteiger partial charge on any atom is -0.455 e. The number of ether oxygens (including phenoxy) is 2. The molecule has 1 atom stereocenters. The zero-order valence-electron chi connectivity index (χ0n) is 34.3. The summed E-state index contributed by atoms with van der Waals surface area (Å²) < 4.78 is 39.8. The molecular weight excluding hydrogens is 848 g/mol. The second-order valence-electron chi connectivity index (χ2n) is 16.2. The summed E-state index contributed by atoms with van der Waals surface area (Å²) in [6.45, 7) is 10.1. The van der Waals surface area contributed by atoms with Crippen molar-refractivity contribution >= 4 is 85.4 Å². The third-order valence-electron chi connectivity index (χ3n) is 8.73. The molecule has 62 heavy (non-hydrogen) atoms. The van der Waals surface area contributed by atoms with Crippen LogP contribution in [0.5, 0.6) is 0 Å². The van der Waals surface area contributed by atoms with Gasteiger partial charge in [0.1, 0.15) is 29.3 Å². The van der Waals surface area contributed by atoms with Crippen LogP contribution in [-0.4, -0.2) is 91.5 Å². The maximum absolute atomic E-state index is 14.1. The number of carbonyl (C=O) groups excluding carboxylic acids is 6. The number of amides is 5. The largest absolute Gasteiger partial charge is 0.455 e. The van der Waals surface area contributed by atoms with Gasteiger partial charge in [-0.1, -0.05) is 23.7 Å². The molecule has 1 aliphatic rings. The Morgan fingerprint density at radius 3 is 2.13 bits per heavy atom. The number of halogens is 1. The van der Waals surface area contributed by atoms with Gasteiger partial charge in [-0.15, -0.1) is 5.10 Å². The van der Waals surface area contributed by atoms with Crippen molar-refractivity contribution in [2.45, 2.75) is 83.3 Å². The van der Waals surface area contributed by atoms with Crippen molar-refractivity contribution < 1.29 is 46.7 Å². The highest BCUT2D eigenvalue weighted by atomic mass is 35.5. The van der Waals surface area contributed by atoms with Crippen LogP contribution in [0.2, 0.25) is 5.02 Å². The molecular formula is C40H43ClN10O10S. The summed E-state index contributed by atoms with van der Waals surface area (Å²) in [7, 11) is -3.79. The highest BCUT2D eigenvalue weighted by Crippen LogP contribution is 2.29. The molecule has 1 fully saturated rings. The van der Waals surface area contributed by atoms with Crippen LogP contribution in [0.15, 0.2) is 73.1 Å². The van der Waals surface area contributed by atoms with Crippen molar-refractivity contribution in [3.05, 3.63) is 89.3 Å². The number of benzene rings is 3. The first-order valence-electron chi connectivity index (χ1n) is 19.0. The minimum atomic E-state index is -3.79. The topological polar surface area (TPSA) is 264 Å². The van der Waals surface area contributed by atoms with Crippen molar-refractivity contribution in [1.29, 1.82) is 0 Å². The summed E-state index contributed by atoms with van der Waals surface area (Å²) in [5.74, 6) is -3.93. The van der Waals surface area contributed by atoms with Crippen molar-refractivity contribution in [1.82, 2.24) is 34.8 Å². The summed E-state index contributed by atoms with van der Waals surface area (Å²) in [5, 5.41) is 21.1. The third kappa shape index (κ3) is 11.5. The minimum absolute atomic E-state index is 0.0837. The number of anilines is 3. The average molecular weight is 891 g/mol. The summed E-state index contributed by atoms with van der Waals surface area (Å²) in [6.07, 6.45) is 1.19. The number of urea groups is 1. The van der Waals surface area contributed by atoms with Gasteiger partial charge in [0, 0.05) is 28.2 Å². The molecule has 0 bridgehead atoms. The van der Waals surface area contributed by atoms with Crippen LogP contribution < -0.4 is 26.0 Å². The number of hydrogen-bond donors (Lipinski definition) is 5. The van der Waals surface area contributed by atoms with Crippen molar-refractivity contribution in [3.63, 3.8) is 0 Å². The van der Waals surface area contributed by atoms with Gasteiger partial charge >= 0.3 is 29.9 Å². The second kappa shape index (κ2) is 17.6. The Hall–Kier alpha value is -6.87. The molecule has 2 aromatic heterocycles. The van der Waals surface area contributed by atoms with E-state index in [1.54, 1.807) is 41.5 Å². The van der Waals surface area contributed by atoms with Crippen LogP contribution in [0.1, 0.15) is 70.4 Å². The molecule has 0 aliphatic heterocycles. The number of esters is 1. The van der Waals surface area contributed by atoms with Crippen molar-refractivity contribution in [3.8, 4) is 5.69 Å². The summed E-state index contributed by atoms with van der Waals surface area (Å²) >= 11 is 6.18.